The van der Waals surface area contributed by atoms with Crippen molar-refractivity contribution in [3.8, 4) is 5.69 Å². The van der Waals surface area contributed by atoms with Crippen LogP contribution in [0.1, 0.15) is 31.1 Å². The van der Waals surface area contributed by atoms with E-state index in [0.29, 0.717) is 5.56 Å². The molecule has 0 aliphatic heterocycles. The number of aromatic nitrogens is 1. The van der Waals surface area contributed by atoms with Crippen LogP contribution in [0, 0.1) is 0 Å². The first kappa shape index (κ1) is 14.3. The number of amides is 1. The Balaban J connectivity index is 2.21. The van der Waals surface area contributed by atoms with Crippen molar-refractivity contribution >= 4 is 5.91 Å². The normalized spacial score (nSPS) is 13.0. The molecule has 1 atom stereocenters. The van der Waals surface area contributed by atoms with Gasteiger partial charge < -0.3 is 15.0 Å². The van der Waals surface area contributed by atoms with Crippen molar-refractivity contribution in [2.45, 2.75) is 32.4 Å². The zero-order valence-corrected chi connectivity index (χ0v) is 12.0. The third kappa shape index (κ3) is 3.08. The molecule has 20 heavy (non-hydrogen) atoms. The minimum atomic E-state index is -0.666. The Labute approximate surface area is 119 Å². The Hall–Kier alpha value is -2.07. The van der Waals surface area contributed by atoms with Crippen molar-refractivity contribution < 1.29 is 9.90 Å². The molecular formula is C16H20N2O2. The summed E-state index contributed by atoms with van der Waals surface area (Å²) in [6.07, 6.45) is 3.23. The number of aliphatic hydroxyl groups is 1. The summed E-state index contributed by atoms with van der Waals surface area (Å²) in [4.78, 5) is 12.3. The van der Waals surface area contributed by atoms with Crippen LogP contribution in [0.4, 0.5) is 0 Å². The highest BCUT2D eigenvalue weighted by atomic mass is 16.3. The van der Waals surface area contributed by atoms with Crippen molar-refractivity contribution in [2.24, 2.45) is 0 Å². The van der Waals surface area contributed by atoms with Crippen molar-refractivity contribution in [3.63, 3.8) is 0 Å². The molecule has 1 heterocycles. The topological polar surface area (TPSA) is 54.3 Å². The van der Waals surface area contributed by atoms with E-state index in [2.05, 4.69) is 5.32 Å². The minimum absolute atomic E-state index is 0.190. The summed E-state index contributed by atoms with van der Waals surface area (Å²) in [6, 6.07) is 11.2. The molecule has 4 heteroatoms. The van der Waals surface area contributed by atoms with Crippen LogP contribution < -0.4 is 5.32 Å². The van der Waals surface area contributed by atoms with E-state index >= 15 is 0 Å². The molecule has 2 aromatic rings. The quantitative estimate of drug-likeness (QED) is 0.897. The van der Waals surface area contributed by atoms with Gasteiger partial charge in [-0.3, -0.25) is 4.79 Å². The number of carbonyl (C=O) groups is 1. The molecule has 1 amide bonds. The average Bonchev–Trinajstić information content (AvgIpc) is 2.92. The molecule has 0 bridgehead atoms. The SMILES string of the molecule is CC(O)C(C)(C)NC(=O)c1cccc(-n2cccc2)c1. The van der Waals surface area contributed by atoms with Crippen LogP contribution in [0.2, 0.25) is 0 Å². The Morgan fingerprint density at radius 2 is 1.90 bits per heavy atom. The van der Waals surface area contributed by atoms with Gasteiger partial charge in [-0.1, -0.05) is 6.07 Å². The Morgan fingerprint density at radius 1 is 1.25 bits per heavy atom. The van der Waals surface area contributed by atoms with E-state index in [0.717, 1.165) is 5.69 Å². The Morgan fingerprint density at radius 3 is 2.50 bits per heavy atom. The number of rotatable bonds is 4. The molecule has 106 valence electrons. The molecule has 0 aliphatic rings. The molecule has 0 saturated heterocycles. The summed E-state index contributed by atoms with van der Waals surface area (Å²) in [5.74, 6) is -0.190. The van der Waals surface area contributed by atoms with Gasteiger partial charge in [-0.2, -0.15) is 0 Å². The number of benzene rings is 1. The largest absolute Gasteiger partial charge is 0.391 e. The van der Waals surface area contributed by atoms with E-state index in [1.165, 1.54) is 0 Å². The fraction of sp³-hybridized carbons (Fsp3) is 0.312. The predicted molar refractivity (Wildman–Crippen MR) is 79.0 cm³/mol. The van der Waals surface area contributed by atoms with E-state index in [1.807, 2.05) is 47.3 Å². The highest BCUT2D eigenvalue weighted by Gasteiger charge is 2.26. The van der Waals surface area contributed by atoms with Gasteiger partial charge in [0, 0.05) is 23.6 Å². The maximum Gasteiger partial charge on any atom is 0.251 e. The zero-order valence-electron chi connectivity index (χ0n) is 12.0. The molecule has 0 fully saturated rings. The van der Waals surface area contributed by atoms with Gasteiger partial charge in [0.2, 0.25) is 0 Å². The molecule has 0 aliphatic carbocycles. The molecule has 1 aromatic carbocycles. The first-order chi connectivity index (χ1) is 9.40. The smallest absolute Gasteiger partial charge is 0.251 e. The zero-order chi connectivity index (χ0) is 14.8. The molecular weight excluding hydrogens is 252 g/mol. The molecule has 0 radical (unpaired) electrons. The maximum absolute atomic E-state index is 12.3. The van der Waals surface area contributed by atoms with Crippen molar-refractivity contribution in [3.05, 3.63) is 54.4 Å². The highest BCUT2D eigenvalue weighted by Crippen LogP contribution is 2.14. The average molecular weight is 272 g/mol. The van der Waals surface area contributed by atoms with E-state index in [9.17, 15) is 9.90 Å². The van der Waals surface area contributed by atoms with Crippen LogP contribution in [0.25, 0.3) is 5.69 Å². The van der Waals surface area contributed by atoms with Gasteiger partial charge >= 0.3 is 0 Å². The standard InChI is InChI=1S/C16H20N2O2/c1-12(19)16(2,3)17-15(20)13-7-6-8-14(11-13)18-9-4-5-10-18/h4-12,19H,1-3H3,(H,17,20). The summed E-state index contributed by atoms with van der Waals surface area (Å²) < 4.78 is 1.94. The van der Waals surface area contributed by atoms with Crippen LogP contribution in [0.5, 0.6) is 0 Å². The lowest BCUT2D eigenvalue weighted by Gasteiger charge is -2.29. The monoisotopic (exact) mass is 272 g/mol. The number of nitrogens with zero attached hydrogens (tertiary/aromatic N) is 1. The summed E-state index contributed by atoms with van der Waals surface area (Å²) in [5, 5.41) is 12.5. The summed E-state index contributed by atoms with van der Waals surface area (Å²) in [6.45, 7) is 5.26. The van der Waals surface area contributed by atoms with Crippen LogP contribution >= 0.6 is 0 Å². The van der Waals surface area contributed by atoms with Crippen LogP contribution in [-0.2, 0) is 0 Å². The Bertz CT molecular complexity index is 586. The highest BCUT2D eigenvalue weighted by molar-refractivity contribution is 5.95. The van der Waals surface area contributed by atoms with E-state index in [1.54, 1.807) is 26.8 Å². The summed E-state index contributed by atoms with van der Waals surface area (Å²) >= 11 is 0. The lowest BCUT2D eigenvalue weighted by Crippen LogP contribution is -2.50. The van der Waals surface area contributed by atoms with Crippen molar-refractivity contribution in [1.29, 1.82) is 0 Å². The fourth-order valence-electron chi connectivity index (χ4n) is 1.78. The number of hydrogen-bond acceptors (Lipinski definition) is 2. The van der Waals surface area contributed by atoms with Crippen LogP contribution in [0.3, 0.4) is 0 Å². The van der Waals surface area contributed by atoms with Gasteiger partial charge in [-0.05, 0) is 51.1 Å². The minimum Gasteiger partial charge on any atom is -0.391 e. The number of aliphatic hydroxyl groups excluding tert-OH is 1. The first-order valence-corrected chi connectivity index (χ1v) is 6.64. The number of hydrogen-bond donors (Lipinski definition) is 2. The molecule has 0 spiro atoms. The molecule has 1 unspecified atom stereocenters. The maximum atomic E-state index is 12.3. The summed E-state index contributed by atoms with van der Waals surface area (Å²) in [5.41, 5.74) is 0.836. The molecule has 1 aromatic heterocycles. The fourth-order valence-corrected chi connectivity index (χ4v) is 1.78. The first-order valence-electron chi connectivity index (χ1n) is 6.64. The van der Waals surface area contributed by atoms with Gasteiger partial charge in [0.25, 0.3) is 5.91 Å². The molecule has 0 saturated carbocycles. The van der Waals surface area contributed by atoms with E-state index in [-0.39, 0.29) is 5.91 Å². The molecule has 2 N–H and O–H groups in total. The molecule has 2 rings (SSSR count). The Kier molecular flexibility index (Phi) is 3.95. The second kappa shape index (κ2) is 5.51. The van der Waals surface area contributed by atoms with Gasteiger partial charge in [0.05, 0.1) is 11.6 Å². The van der Waals surface area contributed by atoms with Crippen LogP contribution in [0.15, 0.2) is 48.8 Å². The van der Waals surface area contributed by atoms with Crippen LogP contribution in [-0.4, -0.2) is 27.2 Å². The predicted octanol–water partition coefficient (Wildman–Crippen LogP) is 2.37. The van der Waals surface area contributed by atoms with Gasteiger partial charge in [0.1, 0.15) is 0 Å². The van der Waals surface area contributed by atoms with Gasteiger partial charge in [0.15, 0.2) is 0 Å². The van der Waals surface area contributed by atoms with Crippen molar-refractivity contribution in [1.82, 2.24) is 9.88 Å². The number of nitrogens with one attached hydrogen (secondary N) is 1. The second-order valence-corrected chi connectivity index (χ2v) is 5.49. The van der Waals surface area contributed by atoms with E-state index in [4.69, 9.17) is 0 Å². The lowest BCUT2D eigenvalue weighted by atomic mass is 9.98. The molecule has 4 nitrogen and oxygen atoms in total. The lowest BCUT2D eigenvalue weighted by molar-refractivity contribution is 0.0709. The third-order valence-electron chi connectivity index (χ3n) is 3.49. The van der Waals surface area contributed by atoms with E-state index < -0.39 is 11.6 Å². The number of carbonyl (C=O) groups excluding carboxylic acids is 1. The van der Waals surface area contributed by atoms with Gasteiger partial charge in [-0.15, -0.1) is 0 Å². The third-order valence-corrected chi connectivity index (χ3v) is 3.49. The van der Waals surface area contributed by atoms with Crippen molar-refractivity contribution in [2.75, 3.05) is 0 Å². The summed E-state index contributed by atoms with van der Waals surface area (Å²) in [7, 11) is 0. The second-order valence-electron chi connectivity index (χ2n) is 5.49. The van der Waals surface area contributed by atoms with Gasteiger partial charge in [-0.25, -0.2) is 0 Å².